The number of carbonyl (C=O) groups excluding carboxylic acids is 1. The molecule has 4 rings (SSSR count). The van der Waals surface area contributed by atoms with Crippen molar-refractivity contribution in [2.45, 2.75) is 37.4 Å². The van der Waals surface area contributed by atoms with E-state index in [2.05, 4.69) is 10.6 Å². The number of ether oxygens (including phenoxy) is 2. The topological polar surface area (TPSA) is 103 Å². The summed E-state index contributed by atoms with van der Waals surface area (Å²) >= 11 is 0. The Morgan fingerprint density at radius 3 is 2.66 bits per heavy atom. The molecular formula is C21H23N3O5. The third-order valence-electron chi connectivity index (χ3n) is 5.84. The summed E-state index contributed by atoms with van der Waals surface area (Å²) in [4.78, 5) is 25.0. The number of benzene rings is 2. The molecule has 4 atom stereocenters. The van der Waals surface area contributed by atoms with Crippen molar-refractivity contribution in [1.29, 1.82) is 0 Å². The lowest BCUT2D eigenvalue weighted by molar-refractivity contribution is -0.532. The van der Waals surface area contributed by atoms with Crippen LogP contribution < -0.4 is 20.1 Å². The van der Waals surface area contributed by atoms with E-state index in [0.717, 1.165) is 5.56 Å². The summed E-state index contributed by atoms with van der Waals surface area (Å²) in [5.41, 5.74) is 0.518. The first kappa shape index (κ1) is 19.2. The molecule has 29 heavy (non-hydrogen) atoms. The minimum Gasteiger partial charge on any atom is -0.493 e. The lowest BCUT2D eigenvalue weighted by atomic mass is 9.78. The molecule has 2 aliphatic heterocycles. The second-order valence-corrected chi connectivity index (χ2v) is 7.34. The summed E-state index contributed by atoms with van der Waals surface area (Å²) in [6.45, 7) is 4.22. The molecule has 8 heteroatoms. The lowest BCUT2D eigenvalue weighted by Gasteiger charge is -2.25. The predicted octanol–water partition coefficient (Wildman–Crippen LogP) is 2.66. The van der Waals surface area contributed by atoms with Crippen molar-refractivity contribution >= 4 is 11.6 Å². The van der Waals surface area contributed by atoms with Crippen LogP contribution in [0.5, 0.6) is 11.5 Å². The van der Waals surface area contributed by atoms with Crippen molar-refractivity contribution < 1.29 is 19.2 Å². The molecule has 1 fully saturated rings. The van der Waals surface area contributed by atoms with Gasteiger partial charge in [-0.1, -0.05) is 24.3 Å². The van der Waals surface area contributed by atoms with Crippen molar-refractivity contribution in [2.24, 2.45) is 0 Å². The van der Waals surface area contributed by atoms with E-state index in [4.69, 9.17) is 9.47 Å². The van der Waals surface area contributed by atoms with Gasteiger partial charge < -0.3 is 14.8 Å². The van der Waals surface area contributed by atoms with E-state index >= 15 is 0 Å². The molecule has 0 aromatic heterocycles. The van der Waals surface area contributed by atoms with Crippen LogP contribution >= 0.6 is 0 Å². The molecule has 152 valence electrons. The predicted molar refractivity (Wildman–Crippen MR) is 107 cm³/mol. The van der Waals surface area contributed by atoms with E-state index in [-0.39, 0.29) is 11.0 Å². The number of carbonyl (C=O) groups is 1. The first-order valence-corrected chi connectivity index (χ1v) is 9.57. The number of hydrogen-bond acceptors (Lipinski definition) is 6. The number of hydrogen-bond donors (Lipinski definition) is 2. The minimum atomic E-state index is -1.42. The summed E-state index contributed by atoms with van der Waals surface area (Å²) in [7, 11) is 1.53. The summed E-state index contributed by atoms with van der Waals surface area (Å²) in [6, 6.07) is 11.0. The summed E-state index contributed by atoms with van der Waals surface area (Å²) in [5, 5.41) is 18.4. The van der Waals surface area contributed by atoms with Crippen molar-refractivity contribution in [2.75, 3.05) is 19.0 Å². The maximum Gasteiger partial charge on any atom is 0.256 e. The van der Waals surface area contributed by atoms with E-state index in [1.54, 1.807) is 36.4 Å². The summed E-state index contributed by atoms with van der Waals surface area (Å²) in [6.07, 6.45) is 0. The van der Waals surface area contributed by atoms with Crippen molar-refractivity contribution in [1.82, 2.24) is 5.32 Å². The molecule has 0 bridgehead atoms. The van der Waals surface area contributed by atoms with Gasteiger partial charge in [0.05, 0.1) is 19.6 Å². The van der Waals surface area contributed by atoms with Gasteiger partial charge >= 0.3 is 0 Å². The zero-order chi connectivity index (χ0) is 20.8. The molecule has 0 radical (unpaired) electrons. The zero-order valence-electron chi connectivity index (χ0n) is 16.5. The van der Waals surface area contributed by atoms with Crippen molar-refractivity contribution in [3.8, 4) is 11.5 Å². The average Bonchev–Trinajstić information content (AvgIpc) is 3.17. The molecule has 1 spiro atoms. The fourth-order valence-corrected chi connectivity index (χ4v) is 4.72. The summed E-state index contributed by atoms with van der Waals surface area (Å²) in [5.74, 6) is 0.156. The molecule has 8 nitrogen and oxygen atoms in total. The van der Waals surface area contributed by atoms with E-state index in [0.29, 0.717) is 29.4 Å². The van der Waals surface area contributed by atoms with Crippen LogP contribution in [-0.2, 0) is 10.3 Å². The van der Waals surface area contributed by atoms with Gasteiger partial charge in [-0.25, -0.2) is 0 Å². The first-order chi connectivity index (χ1) is 13.9. The third kappa shape index (κ3) is 2.74. The van der Waals surface area contributed by atoms with Gasteiger partial charge in [-0.15, -0.1) is 0 Å². The number of methoxy groups -OCH3 is 1. The highest BCUT2D eigenvalue weighted by Gasteiger charge is 2.67. The normalized spacial score (nSPS) is 27.6. The quantitative estimate of drug-likeness (QED) is 0.594. The number of nitro groups is 1. The molecule has 2 aromatic carbocycles. The Morgan fingerprint density at radius 1 is 1.21 bits per heavy atom. The Labute approximate surface area is 168 Å². The smallest absolute Gasteiger partial charge is 0.256 e. The van der Waals surface area contributed by atoms with E-state index in [1.165, 1.54) is 7.11 Å². The van der Waals surface area contributed by atoms with Crippen LogP contribution in [0, 0.1) is 10.1 Å². The first-order valence-electron chi connectivity index (χ1n) is 9.57. The fourth-order valence-electron chi connectivity index (χ4n) is 4.72. The molecule has 1 saturated heterocycles. The minimum absolute atomic E-state index is 0.315. The summed E-state index contributed by atoms with van der Waals surface area (Å²) < 4.78 is 11.0. The molecule has 1 amide bonds. The van der Waals surface area contributed by atoms with E-state index in [9.17, 15) is 14.9 Å². The number of nitrogens with zero attached hydrogens (tertiary/aromatic N) is 1. The second kappa shape index (κ2) is 7.04. The SMILES string of the molecule is CCOc1ccc([C@@H]2[C@H](C)N[C@@]3(C(=O)Nc4ccccc43)[C@@H]2[N+](=O)[O-])cc1OC. The number of fused-ring (bicyclic) bond motifs is 2. The number of anilines is 1. The molecule has 2 aliphatic rings. The van der Waals surface area contributed by atoms with Gasteiger partial charge in [0.2, 0.25) is 0 Å². The molecule has 2 N–H and O–H groups in total. The van der Waals surface area contributed by atoms with Gasteiger partial charge in [0.1, 0.15) is 0 Å². The molecule has 2 heterocycles. The molecule has 2 aromatic rings. The second-order valence-electron chi connectivity index (χ2n) is 7.34. The van der Waals surface area contributed by atoms with Gasteiger partial charge in [-0.05, 0) is 37.6 Å². The van der Waals surface area contributed by atoms with Crippen LogP contribution in [0.1, 0.15) is 30.9 Å². The lowest BCUT2D eigenvalue weighted by Crippen LogP contribution is -2.54. The van der Waals surface area contributed by atoms with E-state index in [1.807, 2.05) is 19.9 Å². The standard InChI is InChI=1S/C21H23N3O5/c1-4-29-16-10-9-13(11-17(16)28-3)18-12(2)23-21(19(18)24(26)27)14-7-5-6-8-15(14)22-20(21)25/h5-12,18-19,23H,4H2,1-3H3,(H,22,25)/t12-,18-,19+,21+/m0/s1. The van der Waals surface area contributed by atoms with Crippen LogP contribution in [-0.4, -0.2) is 36.6 Å². The van der Waals surface area contributed by atoms with Crippen LogP contribution in [0.3, 0.4) is 0 Å². The molecule has 0 unspecified atom stereocenters. The number of para-hydroxylation sites is 1. The van der Waals surface area contributed by atoms with Crippen LogP contribution in [0.2, 0.25) is 0 Å². The monoisotopic (exact) mass is 397 g/mol. The molecule has 0 aliphatic carbocycles. The Kier molecular flexibility index (Phi) is 4.66. The Bertz CT molecular complexity index is 979. The van der Waals surface area contributed by atoms with Gasteiger partial charge in [-0.3, -0.25) is 20.2 Å². The Hall–Kier alpha value is -3.13. The highest BCUT2D eigenvalue weighted by Crippen LogP contribution is 2.50. The molecular weight excluding hydrogens is 374 g/mol. The van der Waals surface area contributed by atoms with E-state index < -0.39 is 23.4 Å². The number of rotatable bonds is 5. The van der Waals surface area contributed by atoms with Gasteiger partial charge in [0, 0.05) is 22.2 Å². The Balaban J connectivity index is 1.84. The number of nitrogens with one attached hydrogen (secondary N) is 2. The zero-order valence-corrected chi connectivity index (χ0v) is 16.5. The average molecular weight is 397 g/mol. The fraction of sp³-hybridized carbons (Fsp3) is 0.381. The van der Waals surface area contributed by atoms with Crippen LogP contribution in [0.25, 0.3) is 0 Å². The van der Waals surface area contributed by atoms with Crippen LogP contribution in [0.4, 0.5) is 5.69 Å². The van der Waals surface area contributed by atoms with Gasteiger partial charge in [-0.2, -0.15) is 0 Å². The highest BCUT2D eigenvalue weighted by molar-refractivity contribution is 6.07. The maximum absolute atomic E-state index is 13.0. The maximum atomic E-state index is 13.0. The van der Waals surface area contributed by atoms with Crippen LogP contribution in [0.15, 0.2) is 42.5 Å². The van der Waals surface area contributed by atoms with Gasteiger partial charge in [0.15, 0.2) is 17.0 Å². The Morgan fingerprint density at radius 2 is 1.97 bits per heavy atom. The van der Waals surface area contributed by atoms with Gasteiger partial charge in [0.25, 0.3) is 11.9 Å². The van der Waals surface area contributed by atoms with Crippen molar-refractivity contribution in [3.63, 3.8) is 0 Å². The largest absolute Gasteiger partial charge is 0.493 e. The number of amides is 1. The third-order valence-corrected chi connectivity index (χ3v) is 5.84. The molecule has 0 saturated carbocycles. The highest BCUT2D eigenvalue weighted by atomic mass is 16.6. The van der Waals surface area contributed by atoms with Crippen molar-refractivity contribution in [3.05, 3.63) is 63.7 Å².